The van der Waals surface area contributed by atoms with E-state index in [2.05, 4.69) is 21.9 Å². The van der Waals surface area contributed by atoms with E-state index in [1.807, 2.05) is 13.8 Å². The van der Waals surface area contributed by atoms with Crippen molar-refractivity contribution in [2.45, 2.75) is 20.3 Å². The first-order chi connectivity index (χ1) is 6.59. The third-order valence-electron chi connectivity index (χ3n) is 1.79. The molecule has 1 rings (SSSR count). The molecule has 0 spiro atoms. The van der Waals surface area contributed by atoms with Crippen LogP contribution in [0.3, 0.4) is 0 Å². The van der Waals surface area contributed by atoms with Gasteiger partial charge in [0.05, 0.1) is 0 Å². The molecule has 0 radical (unpaired) electrons. The van der Waals surface area contributed by atoms with E-state index < -0.39 is 0 Å². The Labute approximate surface area is 89.2 Å². The zero-order chi connectivity index (χ0) is 10.6. The first-order valence-electron chi connectivity index (χ1n) is 4.47. The van der Waals surface area contributed by atoms with Gasteiger partial charge in [0.2, 0.25) is 5.28 Å². The summed E-state index contributed by atoms with van der Waals surface area (Å²) in [7, 11) is 0. The molecule has 0 bridgehead atoms. The van der Waals surface area contributed by atoms with E-state index in [0.29, 0.717) is 0 Å². The summed E-state index contributed by atoms with van der Waals surface area (Å²) in [6.07, 6.45) is 2.64. The van der Waals surface area contributed by atoms with Crippen LogP contribution in [0.4, 0.5) is 5.82 Å². The largest absolute Gasteiger partial charge is 0.369 e. The van der Waals surface area contributed by atoms with Gasteiger partial charge in [-0.2, -0.15) is 0 Å². The van der Waals surface area contributed by atoms with Crippen molar-refractivity contribution in [1.82, 2.24) is 9.97 Å². The second-order valence-electron chi connectivity index (χ2n) is 3.30. The molecule has 0 aromatic carbocycles. The lowest BCUT2D eigenvalue weighted by atomic mass is 10.2. The molecule has 0 atom stereocenters. The molecule has 0 aliphatic rings. The fraction of sp³-hybridized carbons (Fsp3) is 0.400. The van der Waals surface area contributed by atoms with Gasteiger partial charge in [-0.05, 0) is 31.9 Å². The predicted molar refractivity (Wildman–Crippen MR) is 59.7 cm³/mol. The van der Waals surface area contributed by atoms with Crippen molar-refractivity contribution in [3.63, 3.8) is 0 Å². The highest BCUT2D eigenvalue weighted by molar-refractivity contribution is 6.28. The molecule has 1 aromatic heterocycles. The number of hydrogen-bond donors (Lipinski definition) is 1. The van der Waals surface area contributed by atoms with Gasteiger partial charge in [-0.25, -0.2) is 9.97 Å². The maximum atomic E-state index is 5.68. The summed E-state index contributed by atoms with van der Waals surface area (Å²) in [6, 6.07) is 0. The Kier molecular flexibility index (Phi) is 3.89. The standard InChI is InChI=1S/C10H14ClN3/c1-7(2)4-5-12-9-8(3)6-13-10(11)14-9/h6H,1,4-5H2,2-3H3,(H,12,13,14). The van der Waals surface area contributed by atoms with Gasteiger partial charge in [-0.15, -0.1) is 6.58 Å². The third-order valence-corrected chi connectivity index (χ3v) is 1.97. The maximum absolute atomic E-state index is 5.68. The summed E-state index contributed by atoms with van der Waals surface area (Å²) < 4.78 is 0. The highest BCUT2D eigenvalue weighted by Gasteiger charge is 2.00. The van der Waals surface area contributed by atoms with Gasteiger partial charge >= 0.3 is 0 Å². The van der Waals surface area contributed by atoms with Gasteiger partial charge in [0, 0.05) is 18.3 Å². The van der Waals surface area contributed by atoms with Gasteiger partial charge in [0.1, 0.15) is 5.82 Å². The summed E-state index contributed by atoms with van der Waals surface area (Å²) in [5.41, 5.74) is 2.14. The molecule has 0 aliphatic heterocycles. The van der Waals surface area contributed by atoms with Gasteiger partial charge in [0.15, 0.2) is 0 Å². The molecule has 76 valence electrons. The summed E-state index contributed by atoms with van der Waals surface area (Å²) in [5.74, 6) is 0.797. The molecule has 1 aromatic rings. The average Bonchev–Trinajstić information content (AvgIpc) is 2.10. The van der Waals surface area contributed by atoms with Crippen LogP contribution in [0.5, 0.6) is 0 Å². The van der Waals surface area contributed by atoms with Crippen molar-refractivity contribution in [1.29, 1.82) is 0 Å². The monoisotopic (exact) mass is 211 g/mol. The van der Waals surface area contributed by atoms with E-state index in [1.54, 1.807) is 6.20 Å². The van der Waals surface area contributed by atoms with Crippen LogP contribution in [0.15, 0.2) is 18.3 Å². The molecule has 1 N–H and O–H groups in total. The SMILES string of the molecule is C=C(C)CCNc1nc(Cl)ncc1C. The third kappa shape index (κ3) is 3.34. The molecule has 0 unspecified atom stereocenters. The van der Waals surface area contributed by atoms with Gasteiger partial charge in [-0.1, -0.05) is 5.57 Å². The quantitative estimate of drug-likeness (QED) is 0.615. The van der Waals surface area contributed by atoms with Crippen LogP contribution in [0.2, 0.25) is 5.28 Å². The van der Waals surface area contributed by atoms with Crippen LogP contribution in [0, 0.1) is 6.92 Å². The van der Waals surface area contributed by atoms with Gasteiger partial charge in [-0.3, -0.25) is 0 Å². The Balaban J connectivity index is 2.57. The maximum Gasteiger partial charge on any atom is 0.224 e. The first-order valence-corrected chi connectivity index (χ1v) is 4.85. The van der Waals surface area contributed by atoms with E-state index in [0.717, 1.165) is 29.9 Å². The fourth-order valence-corrected chi connectivity index (χ4v) is 1.13. The molecule has 0 aliphatic carbocycles. The lowest BCUT2D eigenvalue weighted by Gasteiger charge is -2.07. The number of aryl methyl sites for hydroxylation is 1. The lowest BCUT2D eigenvalue weighted by Crippen LogP contribution is -2.05. The summed E-state index contributed by atoms with van der Waals surface area (Å²) >= 11 is 5.68. The highest BCUT2D eigenvalue weighted by Crippen LogP contribution is 2.12. The van der Waals surface area contributed by atoms with Crippen molar-refractivity contribution in [2.75, 3.05) is 11.9 Å². The summed E-state index contributed by atoms with van der Waals surface area (Å²) in [5, 5.41) is 3.46. The summed E-state index contributed by atoms with van der Waals surface area (Å²) in [4.78, 5) is 7.96. The minimum atomic E-state index is 0.272. The van der Waals surface area contributed by atoms with E-state index in [9.17, 15) is 0 Å². The van der Waals surface area contributed by atoms with Crippen molar-refractivity contribution < 1.29 is 0 Å². The molecule has 14 heavy (non-hydrogen) atoms. The van der Waals surface area contributed by atoms with Crippen LogP contribution in [-0.4, -0.2) is 16.5 Å². The Morgan fingerprint density at radius 2 is 2.36 bits per heavy atom. The molecule has 3 nitrogen and oxygen atoms in total. The Morgan fingerprint density at radius 1 is 1.64 bits per heavy atom. The smallest absolute Gasteiger partial charge is 0.224 e. The number of nitrogens with zero attached hydrogens (tertiary/aromatic N) is 2. The van der Waals surface area contributed by atoms with Gasteiger partial charge < -0.3 is 5.32 Å². The van der Waals surface area contributed by atoms with Crippen LogP contribution in [-0.2, 0) is 0 Å². The second-order valence-corrected chi connectivity index (χ2v) is 3.64. The topological polar surface area (TPSA) is 37.8 Å². The molecular weight excluding hydrogens is 198 g/mol. The average molecular weight is 212 g/mol. The van der Waals surface area contributed by atoms with Crippen molar-refractivity contribution in [3.8, 4) is 0 Å². The summed E-state index contributed by atoms with van der Waals surface area (Å²) in [6.45, 7) is 8.60. The van der Waals surface area contributed by atoms with Crippen LogP contribution in [0.1, 0.15) is 18.9 Å². The number of rotatable bonds is 4. The number of hydrogen-bond acceptors (Lipinski definition) is 3. The van der Waals surface area contributed by atoms with Crippen molar-refractivity contribution >= 4 is 17.4 Å². The fourth-order valence-electron chi connectivity index (χ4n) is 0.994. The molecule has 1 heterocycles. The highest BCUT2D eigenvalue weighted by atomic mass is 35.5. The molecule has 0 fully saturated rings. The molecule has 4 heteroatoms. The van der Waals surface area contributed by atoms with Crippen LogP contribution < -0.4 is 5.32 Å². The second kappa shape index (κ2) is 4.96. The normalized spacial score (nSPS) is 9.93. The lowest BCUT2D eigenvalue weighted by molar-refractivity contribution is 0.979. The van der Waals surface area contributed by atoms with E-state index in [1.165, 1.54) is 0 Å². The predicted octanol–water partition coefficient (Wildman–Crippen LogP) is 2.82. The number of aromatic nitrogens is 2. The van der Waals surface area contributed by atoms with Crippen LogP contribution in [0.25, 0.3) is 0 Å². The number of anilines is 1. The van der Waals surface area contributed by atoms with Crippen molar-refractivity contribution in [3.05, 3.63) is 29.2 Å². The Hall–Kier alpha value is -1.09. The van der Waals surface area contributed by atoms with E-state index >= 15 is 0 Å². The minimum Gasteiger partial charge on any atom is -0.369 e. The van der Waals surface area contributed by atoms with Gasteiger partial charge in [0.25, 0.3) is 0 Å². The van der Waals surface area contributed by atoms with E-state index in [4.69, 9.17) is 11.6 Å². The number of halogens is 1. The Morgan fingerprint density at radius 3 is 3.00 bits per heavy atom. The zero-order valence-electron chi connectivity index (χ0n) is 8.47. The number of nitrogens with one attached hydrogen (secondary N) is 1. The van der Waals surface area contributed by atoms with Crippen molar-refractivity contribution in [2.24, 2.45) is 0 Å². The Bertz CT molecular complexity index is 336. The van der Waals surface area contributed by atoms with E-state index in [-0.39, 0.29) is 5.28 Å². The molecule has 0 amide bonds. The first kappa shape index (κ1) is 11.0. The zero-order valence-corrected chi connectivity index (χ0v) is 9.23. The molecule has 0 saturated heterocycles. The minimum absolute atomic E-state index is 0.272. The van der Waals surface area contributed by atoms with Crippen LogP contribution >= 0.6 is 11.6 Å². The molecule has 0 saturated carbocycles. The molecular formula is C10H14ClN3.